The van der Waals surface area contributed by atoms with Crippen LogP contribution < -0.4 is 0 Å². The molecule has 5 nitrogen and oxygen atoms in total. The number of rotatable bonds is 4. The number of likely N-dealkylation sites (N-methyl/N-ethyl adjacent to an activating group) is 1. The summed E-state index contributed by atoms with van der Waals surface area (Å²) in [5.74, 6) is -0.888. The van der Waals surface area contributed by atoms with E-state index >= 15 is 0 Å². The Morgan fingerprint density at radius 1 is 1.07 bits per heavy atom. The van der Waals surface area contributed by atoms with Crippen molar-refractivity contribution >= 4 is 11.8 Å². The number of carbonyl (C=O) groups excluding carboxylic acids is 2. The Bertz CT molecular complexity index is 773. The lowest BCUT2D eigenvalue weighted by Crippen LogP contribution is -2.50. The summed E-state index contributed by atoms with van der Waals surface area (Å²) < 4.78 is 39.7. The molecule has 2 heterocycles. The fourth-order valence-electron chi connectivity index (χ4n) is 4.28. The van der Waals surface area contributed by atoms with Gasteiger partial charge in [-0.2, -0.15) is 13.2 Å². The molecule has 2 saturated heterocycles. The zero-order valence-electron chi connectivity index (χ0n) is 17.8. The average molecular weight is 425 g/mol. The summed E-state index contributed by atoms with van der Waals surface area (Å²) >= 11 is 0. The molecule has 0 N–H and O–H groups in total. The van der Waals surface area contributed by atoms with Crippen LogP contribution in [0, 0.1) is 11.8 Å². The van der Waals surface area contributed by atoms with E-state index in [4.69, 9.17) is 0 Å². The number of alkyl halides is 3. The molecule has 2 aliphatic rings. The molecule has 2 amide bonds. The SMILES string of the molecule is CC(C)CC(=O)N1C[C@H](c2cccc(C(F)(F)F)c2)[C@H](C(=O)N2CCN(C)CC2)C1. The Hall–Kier alpha value is -2.09. The zero-order valence-corrected chi connectivity index (χ0v) is 17.8. The number of nitrogens with zero attached hydrogens (tertiary/aromatic N) is 3. The van der Waals surface area contributed by atoms with Crippen molar-refractivity contribution in [2.45, 2.75) is 32.4 Å². The van der Waals surface area contributed by atoms with Crippen LogP contribution in [-0.4, -0.2) is 72.8 Å². The van der Waals surface area contributed by atoms with Gasteiger partial charge in [-0.25, -0.2) is 0 Å². The Balaban J connectivity index is 1.87. The highest BCUT2D eigenvalue weighted by Gasteiger charge is 2.43. The van der Waals surface area contributed by atoms with Crippen LogP contribution in [0.4, 0.5) is 13.2 Å². The number of carbonyl (C=O) groups is 2. The molecule has 0 radical (unpaired) electrons. The van der Waals surface area contributed by atoms with E-state index in [9.17, 15) is 22.8 Å². The molecule has 2 fully saturated rings. The van der Waals surface area contributed by atoms with Gasteiger partial charge in [-0.1, -0.05) is 32.0 Å². The van der Waals surface area contributed by atoms with E-state index in [2.05, 4.69) is 4.90 Å². The molecule has 0 saturated carbocycles. The molecule has 3 rings (SSSR count). The van der Waals surface area contributed by atoms with Crippen LogP contribution in [0.15, 0.2) is 24.3 Å². The fraction of sp³-hybridized carbons (Fsp3) is 0.636. The Kier molecular flexibility index (Phi) is 6.75. The highest BCUT2D eigenvalue weighted by molar-refractivity contribution is 5.83. The van der Waals surface area contributed by atoms with Crippen LogP contribution >= 0.6 is 0 Å². The van der Waals surface area contributed by atoms with Gasteiger partial charge < -0.3 is 14.7 Å². The van der Waals surface area contributed by atoms with Crippen molar-refractivity contribution in [1.29, 1.82) is 0 Å². The van der Waals surface area contributed by atoms with E-state index in [1.54, 1.807) is 15.9 Å². The third-order valence-corrected chi connectivity index (χ3v) is 6.03. The second kappa shape index (κ2) is 8.96. The van der Waals surface area contributed by atoms with Crippen molar-refractivity contribution in [3.8, 4) is 0 Å². The van der Waals surface area contributed by atoms with Crippen molar-refractivity contribution in [3.05, 3.63) is 35.4 Å². The van der Waals surface area contributed by atoms with Crippen LogP contribution in [0.3, 0.4) is 0 Å². The van der Waals surface area contributed by atoms with Gasteiger partial charge in [-0.05, 0) is 24.6 Å². The minimum atomic E-state index is -4.45. The van der Waals surface area contributed by atoms with Gasteiger partial charge in [0, 0.05) is 51.6 Å². The van der Waals surface area contributed by atoms with E-state index in [0.717, 1.165) is 25.2 Å². The van der Waals surface area contributed by atoms with Gasteiger partial charge in [0.2, 0.25) is 11.8 Å². The smallest absolute Gasteiger partial charge is 0.341 e. The summed E-state index contributed by atoms with van der Waals surface area (Å²) in [6.45, 7) is 7.17. The fourth-order valence-corrected chi connectivity index (χ4v) is 4.28. The van der Waals surface area contributed by atoms with Gasteiger partial charge in [-0.3, -0.25) is 9.59 Å². The lowest BCUT2D eigenvalue weighted by molar-refractivity contribution is -0.138. The van der Waals surface area contributed by atoms with Gasteiger partial charge in [0.15, 0.2) is 0 Å². The maximum absolute atomic E-state index is 13.3. The van der Waals surface area contributed by atoms with Gasteiger partial charge in [-0.15, -0.1) is 0 Å². The minimum absolute atomic E-state index is 0.0457. The molecule has 1 aromatic rings. The molecule has 0 spiro atoms. The Labute approximate surface area is 175 Å². The first-order chi connectivity index (χ1) is 14.1. The number of piperazine rings is 1. The maximum Gasteiger partial charge on any atom is 0.416 e. The van der Waals surface area contributed by atoms with E-state index in [1.165, 1.54) is 6.07 Å². The van der Waals surface area contributed by atoms with Crippen molar-refractivity contribution in [1.82, 2.24) is 14.7 Å². The standard InChI is InChI=1S/C22H30F3N3O2/c1-15(2)11-20(29)28-13-18(16-5-4-6-17(12-16)22(23,24)25)19(14-28)21(30)27-9-7-26(3)8-10-27/h4-6,12,15,18-19H,7-11,13-14H2,1-3H3/t18-,19-/m1/s1. The number of amides is 2. The number of likely N-dealkylation sites (tertiary alicyclic amines) is 1. The van der Waals surface area contributed by atoms with Gasteiger partial charge in [0.1, 0.15) is 0 Å². The Morgan fingerprint density at radius 3 is 2.33 bits per heavy atom. The third kappa shape index (κ3) is 5.14. The molecule has 0 aliphatic carbocycles. The minimum Gasteiger partial charge on any atom is -0.341 e. The molecule has 8 heteroatoms. The lowest BCUT2D eigenvalue weighted by atomic mass is 9.87. The second-order valence-corrected chi connectivity index (χ2v) is 8.86. The molecule has 0 unspecified atom stereocenters. The third-order valence-electron chi connectivity index (χ3n) is 6.03. The topological polar surface area (TPSA) is 43.9 Å². The quantitative estimate of drug-likeness (QED) is 0.745. The predicted molar refractivity (Wildman–Crippen MR) is 108 cm³/mol. The van der Waals surface area contributed by atoms with Crippen LogP contribution in [-0.2, 0) is 15.8 Å². The van der Waals surface area contributed by atoms with Gasteiger partial charge in [0.25, 0.3) is 0 Å². The van der Waals surface area contributed by atoms with E-state index in [1.807, 2.05) is 20.9 Å². The van der Waals surface area contributed by atoms with Crippen LogP contribution in [0.1, 0.15) is 37.3 Å². The van der Waals surface area contributed by atoms with Crippen LogP contribution in [0.25, 0.3) is 0 Å². The normalized spacial score (nSPS) is 23.3. The first-order valence-electron chi connectivity index (χ1n) is 10.5. The highest BCUT2D eigenvalue weighted by Crippen LogP contribution is 2.37. The molecule has 166 valence electrons. The largest absolute Gasteiger partial charge is 0.416 e. The summed E-state index contributed by atoms with van der Waals surface area (Å²) in [6.07, 6.45) is -4.08. The summed E-state index contributed by atoms with van der Waals surface area (Å²) in [5.41, 5.74) is -0.255. The summed E-state index contributed by atoms with van der Waals surface area (Å²) in [7, 11) is 2.00. The first-order valence-corrected chi connectivity index (χ1v) is 10.5. The van der Waals surface area contributed by atoms with Gasteiger partial charge >= 0.3 is 6.18 Å². The molecule has 2 aliphatic heterocycles. The van der Waals surface area contributed by atoms with E-state index in [-0.39, 0.29) is 30.8 Å². The predicted octanol–water partition coefficient (Wildman–Crippen LogP) is 3.07. The number of halogens is 3. The van der Waals surface area contributed by atoms with Crippen LogP contribution in [0.2, 0.25) is 0 Å². The number of benzene rings is 1. The summed E-state index contributed by atoms with van der Waals surface area (Å²) in [4.78, 5) is 31.6. The number of hydrogen-bond acceptors (Lipinski definition) is 3. The molecule has 0 bridgehead atoms. The highest BCUT2D eigenvalue weighted by atomic mass is 19.4. The maximum atomic E-state index is 13.3. The monoisotopic (exact) mass is 425 g/mol. The Morgan fingerprint density at radius 2 is 1.73 bits per heavy atom. The molecule has 1 aromatic carbocycles. The summed E-state index contributed by atoms with van der Waals surface area (Å²) in [5, 5.41) is 0. The number of hydrogen-bond donors (Lipinski definition) is 0. The average Bonchev–Trinajstić information content (AvgIpc) is 3.12. The molecular formula is C22H30F3N3O2. The van der Waals surface area contributed by atoms with Crippen LogP contribution in [0.5, 0.6) is 0 Å². The van der Waals surface area contributed by atoms with Crippen molar-refractivity contribution in [2.24, 2.45) is 11.8 Å². The van der Waals surface area contributed by atoms with Crippen molar-refractivity contribution in [2.75, 3.05) is 46.3 Å². The van der Waals surface area contributed by atoms with E-state index in [0.29, 0.717) is 25.1 Å². The molecule has 30 heavy (non-hydrogen) atoms. The van der Waals surface area contributed by atoms with Crippen molar-refractivity contribution in [3.63, 3.8) is 0 Å². The first kappa shape index (κ1) is 22.6. The second-order valence-electron chi connectivity index (χ2n) is 8.86. The lowest BCUT2D eigenvalue weighted by Gasteiger charge is -2.35. The van der Waals surface area contributed by atoms with Gasteiger partial charge in [0.05, 0.1) is 11.5 Å². The van der Waals surface area contributed by atoms with Crippen molar-refractivity contribution < 1.29 is 22.8 Å². The zero-order chi connectivity index (χ0) is 22.1. The molecule has 2 atom stereocenters. The van der Waals surface area contributed by atoms with E-state index < -0.39 is 23.6 Å². The molecule has 0 aromatic heterocycles. The summed E-state index contributed by atoms with van der Waals surface area (Å²) in [6, 6.07) is 5.19. The molecular weight excluding hydrogens is 395 g/mol.